The number of rotatable bonds is 3. The molecular formula is C25H21F3N4O. The van der Waals surface area contributed by atoms with Crippen molar-refractivity contribution in [3.05, 3.63) is 88.7 Å². The van der Waals surface area contributed by atoms with Crippen molar-refractivity contribution in [1.29, 1.82) is 0 Å². The van der Waals surface area contributed by atoms with Crippen LogP contribution in [0.25, 0.3) is 22.0 Å². The average Bonchev–Trinajstić information content (AvgIpc) is 2.83. The normalized spacial score (nSPS) is 14.6. The van der Waals surface area contributed by atoms with Gasteiger partial charge in [-0.25, -0.2) is 4.98 Å². The van der Waals surface area contributed by atoms with E-state index in [1.165, 1.54) is 18.2 Å². The molecule has 1 saturated heterocycles. The molecule has 0 amide bonds. The third-order valence-electron chi connectivity index (χ3n) is 5.89. The molecule has 33 heavy (non-hydrogen) atoms. The number of benzene rings is 3. The summed E-state index contributed by atoms with van der Waals surface area (Å²) in [5, 5.41) is 2.17. The molecule has 8 heteroatoms. The number of anilines is 2. The maximum Gasteiger partial charge on any atom is 0.416 e. The summed E-state index contributed by atoms with van der Waals surface area (Å²) in [6.45, 7) is 2.09. The van der Waals surface area contributed by atoms with Gasteiger partial charge in [0.15, 0.2) is 0 Å². The van der Waals surface area contributed by atoms with Crippen molar-refractivity contribution in [3.63, 3.8) is 0 Å². The van der Waals surface area contributed by atoms with E-state index < -0.39 is 11.7 Å². The second-order valence-electron chi connectivity index (χ2n) is 8.04. The molecular weight excluding hydrogens is 429 g/mol. The zero-order chi connectivity index (χ0) is 23.0. The molecule has 0 aliphatic carbocycles. The third kappa shape index (κ3) is 4.41. The average molecular weight is 450 g/mol. The number of nitrogens with one attached hydrogen (secondary N) is 1. The van der Waals surface area contributed by atoms with E-state index in [4.69, 9.17) is 0 Å². The van der Waals surface area contributed by atoms with Crippen molar-refractivity contribution < 1.29 is 13.2 Å². The molecule has 1 aromatic heterocycles. The molecule has 1 fully saturated rings. The van der Waals surface area contributed by atoms with Crippen molar-refractivity contribution in [2.45, 2.75) is 6.18 Å². The van der Waals surface area contributed by atoms with Crippen LogP contribution in [0.15, 0.2) is 77.6 Å². The van der Waals surface area contributed by atoms with Gasteiger partial charge in [0, 0.05) is 43.5 Å². The van der Waals surface area contributed by atoms with Gasteiger partial charge in [0.25, 0.3) is 5.56 Å². The number of H-pyrrole nitrogens is 1. The Morgan fingerprint density at radius 3 is 2.27 bits per heavy atom. The zero-order valence-corrected chi connectivity index (χ0v) is 17.6. The highest BCUT2D eigenvalue weighted by atomic mass is 19.4. The van der Waals surface area contributed by atoms with Gasteiger partial charge in [-0.05, 0) is 35.0 Å². The molecule has 5 rings (SSSR count). The van der Waals surface area contributed by atoms with Gasteiger partial charge >= 0.3 is 6.18 Å². The lowest BCUT2D eigenvalue weighted by Crippen LogP contribution is -2.47. The number of hydrogen-bond acceptors (Lipinski definition) is 4. The van der Waals surface area contributed by atoms with E-state index in [1.807, 2.05) is 52.3 Å². The number of hydrogen-bond donors (Lipinski definition) is 1. The lowest BCUT2D eigenvalue weighted by atomic mass is 10.1. The first kappa shape index (κ1) is 21.1. The lowest BCUT2D eigenvalue weighted by molar-refractivity contribution is -0.137. The summed E-state index contributed by atoms with van der Waals surface area (Å²) in [6.07, 6.45) is -4.37. The molecule has 1 aliphatic rings. The molecule has 0 atom stereocenters. The number of nitrogens with zero attached hydrogens (tertiary/aromatic N) is 3. The van der Waals surface area contributed by atoms with E-state index in [1.54, 1.807) is 6.07 Å². The molecule has 0 radical (unpaired) electrons. The molecule has 5 nitrogen and oxygen atoms in total. The van der Waals surface area contributed by atoms with Crippen LogP contribution in [0, 0.1) is 0 Å². The van der Waals surface area contributed by atoms with Crippen molar-refractivity contribution in [2.24, 2.45) is 0 Å². The minimum absolute atomic E-state index is 0.247. The minimum Gasteiger partial charge on any atom is -0.368 e. The molecule has 2 heterocycles. The standard InChI is InChI=1S/C25H21F3N4O/c26-25(27,28)20-6-3-7-21(15-20)31-10-12-32(13-11-31)24-29-22(16-23(33)30-24)19-9-8-17-4-1-2-5-18(17)14-19/h1-9,14-16H,10-13H2,(H,29,30,33). The fourth-order valence-electron chi connectivity index (χ4n) is 4.15. The van der Waals surface area contributed by atoms with Crippen molar-refractivity contribution >= 4 is 22.4 Å². The predicted molar refractivity (Wildman–Crippen MR) is 124 cm³/mol. The summed E-state index contributed by atoms with van der Waals surface area (Å²) in [6, 6.07) is 20.8. The van der Waals surface area contributed by atoms with Crippen LogP contribution in [-0.2, 0) is 6.18 Å². The Hall–Kier alpha value is -3.81. The van der Waals surface area contributed by atoms with Crippen molar-refractivity contribution in [1.82, 2.24) is 9.97 Å². The summed E-state index contributed by atoms with van der Waals surface area (Å²) >= 11 is 0. The lowest BCUT2D eigenvalue weighted by Gasteiger charge is -2.36. The van der Waals surface area contributed by atoms with Gasteiger partial charge in [-0.15, -0.1) is 0 Å². The Morgan fingerprint density at radius 1 is 0.788 bits per heavy atom. The van der Waals surface area contributed by atoms with Crippen LogP contribution >= 0.6 is 0 Å². The minimum atomic E-state index is -4.37. The van der Waals surface area contributed by atoms with Gasteiger partial charge in [-0.3, -0.25) is 9.78 Å². The first-order chi connectivity index (χ1) is 15.9. The highest BCUT2D eigenvalue weighted by Gasteiger charge is 2.31. The number of halogens is 3. The van der Waals surface area contributed by atoms with Crippen LogP contribution in [0.5, 0.6) is 0 Å². The Bertz CT molecular complexity index is 1360. The first-order valence-corrected chi connectivity index (χ1v) is 10.6. The Balaban J connectivity index is 1.36. The maximum absolute atomic E-state index is 13.1. The summed E-state index contributed by atoms with van der Waals surface area (Å²) in [7, 11) is 0. The summed E-state index contributed by atoms with van der Waals surface area (Å²) in [4.78, 5) is 23.7. The van der Waals surface area contributed by atoms with E-state index in [9.17, 15) is 18.0 Å². The zero-order valence-electron chi connectivity index (χ0n) is 17.6. The van der Waals surface area contributed by atoms with Gasteiger partial charge in [0.05, 0.1) is 11.3 Å². The molecule has 1 aliphatic heterocycles. The molecule has 0 unspecified atom stereocenters. The maximum atomic E-state index is 13.1. The number of piperazine rings is 1. The highest BCUT2D eigenvalue weighted by molar-refractivity contribution is 5.86. The Morgan fingerprint density at radius 2 is 1.52 bits per heavy atom. The van der Waals surface area contributed by atoms with Crippen molar-refractivity contribution in [2.75, 3.05) is 36.0 Å². The van der Waals surface area contributed by atoms with E-state index >= 15 is 0 Å². The topological polar surface area (TPSA) is 52.2 Å². The Labute approximate surface area is 188 Å². The van der Waals surface area contributed by atoms with Crippen molar-refractivity contribution in [3.8, 4) is 11.3 Å². The van der Waals surface area contributed by atoms with Crippen LogP contribution in [0.3, 0.4) is 0 Å². The van der Waals surface area contributed by atoms with Crippen LogP contribution < -0.4 is 15.4 Å². The second-order valence-corrected chi connectivity index (χ2v) is 8.04. The molecule has 1 N–H and O–H groups in total. The summed E-state index contributed by atoms with van der Waals surface area (Å²) < 4.78 is 39.2. The summed E-state index contributed by atoms with van der Waals surface area (Å²) in [5.41, 5.74) is 1.07. The van der Waals surface area contributed by atoms with Gasteiger partial charge in [0.2, 0.25) is 5.95 Å². The van der Waals surface area contributed by atoms with Gasteiger partial charge in [-0.1, -0.05) is 42.5 Å². The molecule has 168 valence electrons. The smallest absolute Gasteiger partial charge is 0.368 e. The largest absolute Gasteiger partial charge is 0.416 e. The fourth-order valence-corrected chi connectivity index (χ4v) is 4.15. The first-order valence-electron chi connectivity index (χ1n) is 10.6. The summed E-state index contributed by atoms with van der Waals surface area (Å²) in [5.74, 6) is 0.467. The number of fused-ring (bicyclic) bond motifs is 1. The molecule has 0 bridgehead atoms. The second kappa shape index (κ2) is 8.27. The van der Waals surface area contributed by atoms with Gasteiger partial charge in [0.1, 0.15) is 0 Å². The van der Waals surface area contributed by atoms with Crippen LogP contribution in [0.2, 0.25) is 0 Å². The van der Waals surface area contributed by atoms with E-state index in [-0.39, 0.29) is 5.56 Å². The number of aromatic nitrogens is 2. The van der Waals surface area contributed by atoms with E-state index in [2.05, 4.69) is 9.97 Å². The molecule has 3 aromatic carbocycles. The fraction of sp³-hybridized carbons (Fsp3) is 0.200. The third-order valence-corrected chi connectivity index (χ3v) is 5.89. The SMILES string of the molecule is O=c1cc(-c2ccc3ccccc3c2)nc(N2CCN(c3cccc(C(F)(F)F)c3)CC2)[nH]1. The molecule has 4 aromatic rings. The number of aromatic amines is 1. The monoisotopic (exact) mass is 450 g/mol. The number of alkyl halides is 3. The quantitative estimate of drug-likeness (QED) is 0.481. The highest BCUT2D eigenvalue weighted by Crippen LogP contribution is 2.32. The van der Waals surface area contributed by atoms with E-state index in [0.29, 0.717) is 43.5 Å². The Kier molecular flexibility index (Phi) is 5.28. The van der Waals surface area contributed by atoms with Crippen LogP contribution in [0.4, 0.5) is 24.8 Å². The van der Waals surface area contributed by atoms with E-state index in [0.717, 1.165) is 22.4 Å². The predicted octanol–water partition coefficient (Wildman–Crippen LogP) is 4.94. The van der Waals surface area contributed by atoms with Gasteiger partial charge < -0.3 is 9.80 Å². The molecule has 0 saturated carbocycles. The van der Waals surface area contributed by atoms with Gasteiger partial charge in [-0.2, -0.15) is 13.2 Å². The van der Waals surface area contributed by atoms with Crippen LogP contribution in [-0.4, -0.2) is 36.1 Å². The van der Waals surface area contributed by atoms with Crippen LogP contribution in [0.1, 0.15) is 5.56 Å². The molecule has 0 spiro atoms.